The van der Waals surface area contributed by atoms with Crippen molar-refractivity contribution in [2.24, 2.45) is 0 Å². The number of amides is 2. The fourth-order valence-electron chi connectivity index (χ4n) is 1.95. The number of nitrogens with zero attached hydrogens (tertiary/aromatic N) is 2. The number of rotatable bonds is 5. The maximum absolute atomic E-state index is 12.0. The first-order valence-electron chi connectivity index (χ1n) is 7.14. The van der Waals surface area contributed by atoms with Crippen LogP contribution in [0.2, 0.25) is 0 Å². The zero-order valence-corrected chi connectivity index (χ0v) is 13.6. The van der Waals surface area contributed by atoms with E-state index in [2.05, 4.69) is 20.8 Å². The summed E-state index contributed by atoms with van der Waals surface area (Å²) in [7, 11) is 0. The quantitative estimate of drug-likeness (QED) is 0.742. The van der Waals surface area contributed by atoms with Gasteiger partial charge in [-0.2, -0.15) is 0 Å². The van der Waals surface area contributed by atoms with Crippen molar-refractivity contribution in [3.8, 4) is 11.3 Å². The molecule has 0 aliphatic heterocycles. The van der Waals surface area contributed by atoms with E-state index in [0.717, 1.165) is 10.4 Å². The fourth-order valence-corrected chi connectivity index (χ4v) is 2.63. The van der Waals surface area contributed by atoms with Gasteiger partial charge in [0.2, 0.25) is 5.91 Å². The predicted octanol–water partition coefficient (Wildman–Crippen LogP) is 2.48. The van der Waals surface area contributed by atoms with Crippen LogP contribution in [-0.4, -0.2) is 28.5 Å². The van der Waals surface area contributed by atoms with Crippen molar-refractivity contribution in [2.45, 2.75) is 6.92 Å². The molecule has 0 atom stereocenters. The number of hydrogen-bond donors (Lipinski definition) is 2. The highest BCUT2D eigenvalue weighted by Crippen LogP contribution is 2.19. The normalized spacial score (nSPS) is 10.4. The molecule has 7 nitrogen and oxygen atoms in total. The summed E-state index contributed by atoms with van der Waals surface area (Å²) in [5.74, 6) is -0.348. The maximum Gasteiger partial charge on any atom is 0.273 e. The number of aryl methyl sites for hydroxylation is 1. The van der Waals surface area contributed by atoms with E-state index >= 15 is 0 Å². The number of hydrogen-bond acceptors (Lipinski definition) is 6. The molecule has 1 aromatic carbocycles. The van der Waals surface area contributed by atoms with Crippen LogP contribution in [0.25, 0.3) is 11.3 Å². The summed E-state index contributed by atoms with van der Waals surface area (Å²) in [5.41, 5.74) is 0.938. The monoisotopic (exact) mass is 342 g/mol. The molecule has 0 bridgehead atoms. The van der Waals surface area contributed by atoms with E-state index in [1.165, 1.54) is 17.4 Å². The summed E-state index contributed by atoms with van der Waals surface area (Å²) in [5, 5.41) is 9.33. The van der Waals surface area contributed by atoms with Crippen molar-refractivity contribution >= 4 is 28.3 Å². The van der Waals surface area contributed by atoms with Gasteiger partial charge in [-0.3, -0.25) is 9.59 Å². The van der Waals surface area contributed by atoms with Crippen molar-refractivity contribution in [3.63, 3.8) is 0 Å². The first kappa shape index (κ1) is 15.9. The lowest BCUT2D eigenvalue weighted by molar-refractivity contribution is -0.115. The van der Waals surface area contributed by atoms with E-state index < -0.39 is 5.91 Å². The van der Waals surface area contributed by atoms with Crippen LogP contribution in [-0.2, 0) is 4.79 Å². The molecule has 0 spiro atoms. The van der Waals surface area contributed by atoms with Crippen LogP contribution in [0.3, 0.4) is 0 Å². The van der Waals surface area contributed by atoms with Crippen LogP contribution >= 0.6 is 11.3 Å². The summed E-state index contributed by atoms with van der Waals surface area (Å²) < 4.78 is 5.16. The largest absolute Gasteiger partial charge is 0.355 e. The smallest absolute Gasteiger partial charge is 0.273 e. The average Bonchev–Trinajstić information content (AvgIpc) is 3.23. The molecule has 0 fully saturated rings. The minimum Gasteiger partial charge on any atom is -0.355 e. The Balaban J connectivity index is 1.55. The molecule has 3 aromatic rings. The first-order chi connectivity index (χ1) is 11.6. The number of carbonyl (C=O) groups excluding carboxylic acids is 2. The van der Waals surface area contributed by atoms with Gasteiger partial charge in [0.1, 0.15) is 0 Å². The van der Waals surface area contributed by atoms with Gasteiger partial charge in [0.05, 0.1) is 6.54 Å². The van der Waals surface area contributed by atoms with Crippen LogP contribution in [0.5, 0.6) is 0 Å². The van der Waals surface area contributed by atoms with Gasteiger partial charge in [0, 0.05) is 22.7 Å². The van der Waals surface area contributed by atoms with Gasteiger partial charge in [0.15, 0.2) is 16.6 Å². The molecule has 2 heterocycles. The summed E-state index contributed by atoms with van der Waals surface area (Å²) in [6.07, 6.45) is 1.67. The van der Waals surface area contributed by atoms with Gasteiger partial charge >= 0.3 is 0 Å². The van der Waals surface area contributed by atoms with Crippen molar-refractivity contribution in [2.75, 3.05) is 11.9 Å². The lowest BCUT2D eigenvalue weighted by Crippen LogP contribution is -2.32. The predicted molar refractivity (Wildman–Crippen MR) is 89.8 cm³/mol. The molecule has 0 aliphatic carbocycles. The van der Waals surface area contributed by atoms with Gasteiger partial charge in [-0.15, -0.1) is 11.3 Å². The van der Waals surface area contributed by atoms with Gasteiger partial charge in [-0.05, 0) is 6.92 Å². The third-order valence-corrected chi connectivity index (χ3v) is 3.91. The Labute approximate surface area is 141 Å². The second kappa shape index (κ2) is 7.05. The minimum absolute atomic E-state index is 0.117. The summed E-state index contributed by atoms with van der Waals surface area (Å²) in [6.45, 7) is 1.72. The van der Waals surface area contributed by atoms with Crippen LogP contribution in [0.15, 0.2) is 47.1 Å². The Hall–Kier alpha value is -3.00. The molecule has 0 saturated carbocycles. The lowest BCUT2D eigenvalue weighted by Gasteiger charge is -2.02. The Morgan fingerprint density at radius 1 is 1.25 bits per heavy atom. The fraction of sp³-hybridized carbons (Fsp3) is 0.125. The van der Waals surface area contributed by atoms with Crippen LogP contribution in [0, 0.1) is 6.92 Å². The van der Waals surface area contributed by atoms with Gasteiger partial charge in [-0.25, -0.2) is 4.98 Å². The Kier molecular flexibility index (Phi) is 4.66. The number of benzene rings is 1. The first-order valence-corrected chi connectivity index (χ1v) is 7.96. The van der Waals surface area contributed by atoms with E-state index in [9.17, 15) is 9.59 Å². The van der Waals surface area contributed by atoms with E-state index in [1.807, 2.05) is 37.3 Å². The number of nitrogens with one attached hydrogen (secondary N) is 2. The van der Waals surface area contributed by atoms with E-state index in [4.69, 9.17) is 4.52 Å². The molecule has 24 heavy (non-hydrogen) atoms. The average molecular weight is 342 g/mol. The van der Waals surface area contributed by atoms with Crippen LogP contribution in [0.4, 0.5) is 5.13 Å². The van der Waals surface area contributed by atoms with Crippen molar-refractivity contribution in [3.05, 3.63) is 53.2 Å². The summed E-state index contributed by atoms with van der Waals surface area (Å²) >= 11 is 1.36. The van der Waals surface area contributed by atoms with E-state index in [-0.39, 0.29) is 18.1 Å². The standard InChI is InChI=1S/C16H14N4O3S/c1-10-8-18-16(24-10)19-14(21)9-17-15(22)12-7-13(23-20-12)11-5-3-2-4-6-11/h2-8H,9H2,1H3,(H,17,22)(H,18,19,21). The molecule has 2 aromatic heterocycles. The molecule has 3 rings (SSSR count). The Bertz CT molecular complexity index is 857. The third kappa shape index (κ3) is 3.85. The van der Waals surface area contributed by atoms with Crippen LogP contribution in [0.1, 0.15) is 15.4 Å². The number of thiazole rings is 1. The van der Waals surface area contributed by atoms with E-state index in [1.54, 1.807) is 6.20 Å². The Morgan fingerprint density at radius 3 is 2.75 bits per heavy atom. The highest BCUT2D eigenvalue weighted by atomic mass is 32.1. The number of anilines is 1. The van der Waals surface area contributed by atoms with Crippen molar-refractivity contribution in [1.29, 1.82) is 0 Å². The number of carbonyl (C=O) groups is 2. The number of aromatic nitrogens is 2. The molecule has 0 saturated heterocycles. The second-order valence-electron chi connectivity index (χ2n) is 4.95. The summed E-state index contributed by atoms with van der Waals surface area (Å²) in [6, 6.07) is 10.9. The second-order valence-corrected chi connectivity index (χ2v) is 6.18. The molecular weight excluding hydrogens is 328 g/mol. The van der Waals surface area contributed by atoms with Crippen LogP contribution < -0.4 is 10.6 Å². The summed E-state index contributed by atoms with van der Waals surface area (Å²) in [4.78, 5) is 28.8. The highest BCUT2D eigenvalue weighted by molar-refractivity contribution is 7.15. The molecule has 0 unspecified atom stereocenters. The molecular formula is C16H14N4O3S. The minimum atomic E-state index is -0.480. The van der Waals surface area contributed by atoms with Gasteiger partial charge in [0.25, 0.3) is 5.91 Å². The third-order valence-electron chi connectivity index (χ3n) is 3.08. The SMILES string of the molecule is Cc1cnc(NC(=O)CNC(=O)c2cc(-c3ccccc3)on2)s1. The van der Waals surface area contributed by atoms with Gasteiger partial charge < -0.3 is 15.2 Å². The van der Waals surface area contributed by atoms with E-state index in [0.29, 0.717) is 10.9 Å². The molecule has 2 N–H and O–H groups in total. The molecule has 8 heteroatoms. The molecule has 122 valence electrons. The highest BCUT2D eigenvalue weighted by Gasteiger charge is 2.15. The molecule has 2 amide bonds. The lowest BCUT2D eigenvalue weighted by atomic mass is 10.1. The van der Waals surface area contributed by atoms with Crippen molar-refractivity contribution in [1.82, 2.24) is 15.5 Å². The Morgan fingerprint density at radius 2 is 2.04 bits per heavy atom. The molecule has 0 aliphatic rings. The molecule has 0 radical (unpaired) electrons. The van der Waals surface area contributed by atoms with Crippen molar-refractivity contribution < 1.29 is 14.1 Å². The maximum atomic E-state index is 12.0. The zero-order chi connectivity index (χ0) is 16.9. The van der Waals surface area contributed by atoms with Gasteiger partial charge in [-0.1, -0.05) is 35.5 Å². The topological polar surface area (TPSA) is 97.1 Å². The zero-order valence-electron chi connectivity index (χ0n) is 12.8.